The van der Waals surface area contributed by atoms with Crippen molar-refractivity contribution >= 4 is 0 Å². The van der Waals surface area contributed by atoms with Crippen molar-refractivity contribution in [2.45, 2.75) is 26.4 Å². The van der Waals surface area contributed by atoms with Crippen LogP contribution in [-0.4, -0.2) is 10.7 Å². The monoisotopic (exact) mass is 178 g/mol. The summed E-state index contributed by atoms with van der Waals surface area (Å²) in [6.45, 7) is 16.6. The Morgan fingerprint density at radius 3 is 1.92 bits per heavy atom. The maximum Gasteiger partial charge on any atom is 0.0834 e. The fourth-order valence-electron chi connectivity index (χ4n) is 0.547. The van der Waals surface area contributed by atoms with Crippen LogP contribution in [0.5, 0.6) is 0 Å². The highest BCUT2D eigenvalue weighted by molar-refractivity contribution is 5.38. The molecule has 0 heterocycles. The molecule has 0 rings (SSSR count). The van der Waals surface area contributed by atoms with Crippen LogP contribution in [0.25, 0.3) is 0 Å². The Kier molecular flexibility index (Phi) is 3.89. The number of allylic oxidation sites excluding steroid dienone is 3. The lowest BCUT2D eigenvalue weighted by Gasteiger charge is -2.17. The van der Waals surface area contributed by atoms with E-state index in [9.17, 15) is 5.11 Å². The van der Waals surface area contributed by atoms with Gasteiger partial charge in [-0.3, -0.25) is 0 Å². The molecule has 0 aliphatic heterocycles. The lowest BCUT2D eigenvalue weighted by molar-refractivity contribution is 0.124. The lowest BCUT2D eigenvalue weighted by atomic mass is 9.98. The zero-order valence-corrected chi connectivity index (χ0v) is 8.72. The normalized spacial score (nSPS) is 11.7. The summed E-state index contributed by atoms with van der Waals surface area (Å²) >= 11 is 0. The van der Waals surface area contributed by atoms with Crippen molar-refractivity contribution in [3.05, 3.63) is 48.6 Å². The largest absolute Gasteiger partial charge is 0.386 e. The molecule has 0 bridgehead atoms. The molecule has 0 aromatic heterocycles. The van der Waals surface area contributed by atoms with Crippen LogP contribution < -0.4 is 0 Å². The molecule has 0 saturated carbocycles. The van der Waals surface area contributed by atoms with Crippen molar-refractivity contribution in [3.63, 3.8) is 0 Å². The minimum absolute atomic E-state index is 0.662. The first-order valence-corrected chi connectivity index (χ1v) is 4.19. The van der Waals surface area contributed by atoms with Crippen LogP contribution in [0.2, 0.25) is 0 Å². The molecule has 0 saturated heterocycles. The molecule has 1 heteroatoms. The summed E-state index contributed by atoms with van der Waals surface area (Å²) in [6, 6.07) is 0. The standard InChI is InChI=1S/C12H18O/c1-9(2)10(3)7-8-11(4)12(5,6)13/h7-8,13H,1,3-4H2,2,5-6H3/b8-7-. The third-order valence-electron chi connectivity index (χ3n) is 1.82. The molecule has 1 N–H and O–H groups in total. The molecule has 0 amide bonds. The maximum absolute atomic E-state index is 9.53. The molecule has 0 radical (unpaired) electrons. The van der Waals surface area contributed by atoms with E-state index < -0.39 is 5.60 Å². The van der Waals surface area contributed by atoms with Gasteiger partial charge in [-0.05, 0) is 31.9 Å². The molecular formula is C12H18O. The fourth-order valence-corrected chi connectivity index (χ4v) is 0.547. The van der Waals surface area contributed by atoms with Crippen molar-refractivity contribution in [3.8, 4) is 0 Å². The summed E-state index contributed by atoms with van der Waals surface area (Å²) in [5.74, 6) is 0. The second-order valence-corrected chi connectivity index (χ2v) is 3.72. The van der Waals surface area contributed by atoms with Crippen LogP contribution in [0.4, 0.5) is 0 Å². The van der Waals surface area contributed by atoms with E-state index in [0.29, 0.717) is 5.57 Å². The van der Waals surface area contributed by atoms with Gasteiger partial charge in [-0.15, -0.1) is 0 Å². The highest BCUT2D eigenvalue weighted by Crippen LogP contribution is 2.16. The summed E-state index contributed by atoms with van der Waals surface area (Å²) in [5, 5.41) is 9.53. The summed E-state index contributed by atoms with van der Waals surface area (Å²) in [4.78, 5) is 0. The number of hydrogen-bond acceptors (Lipinski definition) is 1. The van der Waals surface area contributed by atoms with Crippen molar-refractivity contribution in [1.82, 2.24) is 0 Å². The Morgan fingerprint density at radius 2 is 1.62 bits per heavy atom. The number of aliphatic hydroxyl groups is 1. The van der Waals surface area contributed by atoms with Gasteiger partial charge in [0.15, 0.2) is 0 Å². The van der Waals surface area contributed by atoms with Crippen LogP contribution in [-0.2, 0) is 0 Å². The zero-order valence-electron chi connectivity index (χ0n) is 8.72. The molecule has 0 atom stereocenters. The molecule has 0 aromatic rings. The second-order valence-electron chi connectivity index (χ2n) is 3.72. The van der Waals surface area contributed by atoms with Crippen LogP contribution in [0.15, 0.2) is 48.6 Å². The highest BCUT2D eigenvalue weighted by atomic mass is 16.3. The van der Waals surface area contributed by atoms with Gasteiger partial charge in [0.1, 0.15) is 0 Å². The van der Waals surface area contributed by atoms with Gasteiger partial charge in [0.05, 0.1) is 5.60 Å². The van der Waals surface area contributed by atoms with Crippen LogP contribution >= 0.6 is 0 Å². The summed E-state index contributed by atoms with van der Waals surface area (Å²) in [7, 11) is 0. The van der Waals surface area contributed by atoms with E-state index in [1.807, 2.05) is 13.0 Å². The van der Waals surface area contributed by atoms with Crippen LogP contribution in [0.3, 0.4) is 0 Å². The Bertz CT molecular complexity index is 261. The first kappa shape index (κ1) is 11.9. The fraction of sp³-hybridized carbons (Fsp3) is 0.333. The third kappa shape index (κ3) is 4.48. The van der Waals surface area contributed by atoms with Gasteiger partial charge >= 0.3 is 0 Å². The predicted octanol–water partition coefficient (Wildman–Crippen LogP) is 3.00. The van der Waals surface area contributed by atoms with E-state index in [0.717, 1.165) is 11.1 Å². The van der Waals surface area contributed by atoms with Crippen LogP contribution in [0, 0.1) is 0 Å². The van der Waals surface area contributed by atoms with Gasteiger partial charge in [-0.25, -0.2) is 0 Å². The van der Waals surface area contributed by atoms with E-state index in [-0.39, 0.29) is 0 Å². The second kappa shape index (κ2) is 4.24. The molecule has 0 unspecified atom stereocenters. The summed E-state index contributed by atoms with van der Waals surface area (Å²) in [5.41, 5.74) is 1.56. The minimum Gasteiger partial charge on any atom is -0.386 e. The Morgan fingerprint density at radius 1 is 1.15 bits per heavy atom. The first-order chi connectivity index (χ1) is 5.75. The first-order valence-electron chi connectivity index (χ1n) is 4.19. The van der Waals surface area contributed by atoms with Crippen molar-refractivity contribution in [2.24, 2.45) is 0 Å². The molecular weight excluding hydrogens is 160 g/mol. The van der Waals surface area contributed by atoms with E-state index in [1.165, 1.54) is 0 Å². The third-order valence-corrected chi connectivity index (χ3v) is 1.82. The highest BCUT2D eigenvalue weighted by Gasteiger charge is 2.13. The van der Waals surface area contributed by atoms with Gasteiger partial charge < -0.3 is 5.11 Å². The quantitative estimate of drug-likeness (QED) is 0.656. The van der Waals surface area contributed by atoms with Crippen molar-refractivity contribution < 1.29 is 5.11 Å². The number of hydrogen-bond donors (Lipinski definition) is 1. The molecule has 0 aromatic carbocycles. The predicted molar refractivity (Wildman–Crippen MR) is 58.5 cm³/mol. The molecule has 0 aliphatic rings. The molecule has 0 aliphatic carbocycles. The van der Waals surface area contributed by atoms with Crippen LogP contribution in [0.1, 0.15) is 20.8 Å². The van der Waals surface area contributed by atoms with Gasteiger partial charge in [0, 0.05) is 0 Å². The summed E-state index contributed by atoms with van der Waals surface area (Å²) in [6.07, 6.45) is 3.57. The zero-order chi connectivity index (χ0) is 10.6. The van der Waals surface area contributed by atoms with Crippen molar-refractivity contribution in [2.75, 3.05) is 0 Å². The van der Waals surface area contributed by atoms with Crippen molar-refractivity contribution in [1.29, 1.82) is 0 Å². The van der Waals surface area contributed by atoms with Gasteiger partial charge in [0.2, 0.25) is 0 Å². The summed E-state index contributed by atoms with van der Waals surface area (Å²) < 4.78 is 0. The minimum atomic E-state index is -0.869. The molecule has 72 valence electrons. The van der Waals surface area contributed by atoms with E-state index in [1.54, 1.807) is 19.9 Å². The van der Waals surface area contributed by atoms with Gasteiger partial charge in [-0.1, -0.05) is 37.5 Å². The molecule has 1 nitrogen and oxygen atoms in total. The molecule has 13 heavy (non-hydrogen) atoms. The Hall–Kier alpha value is -1.08. The average Bonchev–Trinajstić information content (AvgIpc) is 1.97. The number of rotatable bonds is 4. The smallest absolute Gasteiger partial charge is 0.0834 e. The van der Waals surface area contributed by atoms with E-state index >= 15 is 0 Å². The van der Waals surface area contributed by atoms with Gasteiger partial charge in [0.25, 0.3) is 0 Å². The molecule has 0 spiro atoms. The topological polar surface area (TPSA) is 20.2 Å². The SMILES string of the molecule is C=C(C)C(=C)/C=C\C(=C)C(C)(C)O. The van der Waals surface area contributed by atoms with E-state index in [2.05, 4.69) is 19.7 Å². The maximum atomic E-state index is 9.53. The molecule has 0 fully saturated rings. The lowest BCUT2D eigenvalue weighted by Crippen LogP contribution is -2.19. The average molecular weight is 178 g/mol. The van der Waals surface area contributed by atoms with E-state index in [4.69, 9.17) is 0 Å². The Labute approximate surface area is 80.8 Å². The Balaban J connectivity index is 4.39. The van der Waals surface area contributed by atoms with Gasteiger partial charge in [-0.2, -0.15) is 0 Å².